The predicted molar refractivity (Wildman–Crippen MR) is 70.0 cm³/mol. The molecule has 0 aliphatic rings. The van der Waals surface area contributed by atoms with Gasteiger partial charge in [-0.3, -0.25) is 4.98 Å². The lowest BCUT2D eigenvalue weighted by atomic mass is 10.2. The Bertz CT molecular complexity index is 766. The molecule has 0 aliphatic carbocycles. The van der Waals surface area contributed by atoms with Crippen LogP contribution in [0.15, 0.2) is 30.7 Å². The van der Waals surface area contributed by atoms with Crippen molar-refractivity contribution >= 4 is 11.5 Å². The smallest absolute Gasteiger partial charge is 0.366 e. The topological polar surface area (TPSA) is 80.9 Å². The van der Waals surface area contributed by atoms with Crippen LogP contribution in [0, 0.1) is 0 Å². The quantitative estimate of drug-likeness (QED) is 0.788. The van der Waals surface area contributed by atoms with Crippen molar-refractivity contribution in [3.8, 4) is 0 Å². The summed E-state index contributed by atoms with van der Waals surface area (Å²) in [5.74, 6) is 0.499. The molecule has 3 aromatic heterocycles. The van der Waals surface area contributed by atoms with Crippen LogP contribution in [0.3, 0.4) is 0 Å². The van der Waals surface area contributed by atoms with Crippen LogP contribution in [0.2, 0.25) is 0 Å². The Hall–Kier alpha value is -2.78. The summed E-state index contributed by atoms with van der Waals surface area (Å²) >= 11 is 0. The highest BCUT2D eigenvalue weighted by Crippen LogP contribution is 2.28. The zero-order valence-electron chi connectivity index (χ0n) is 11.1. The maximum atomic E-state index is 12.4. The van der Waals surface area contributed by atoms with E-state index in [9.17, 15) is 13.2 Å². The first-order valence-electron chi connectivity index (χ1n) is 6.33. The van der Waals surface area contributed by atoms with E-state index >= 15 is 0 Å². The van der Waals surface area contributed by atoms with Crippen molar-refractivity contribution in [3.05, 3.63) is 42.0 Å². The number of rotatable bonds is 4. The fourth-order valence-electron chi connectivity index (χ4n) is 1.85. The van der Waals surface area contributed by atoms with Crippen LogP contribution in [0.1, 0.15) is 11.3 Å². The molecule has 0 atom stereocenters. The van der Waals surface area contributed by atoms with Crippen LogP contribution in [-0.4, -0.2) is 36.6 Å². The van der Waals surface area contributed by atoms with Gasteiger partial charge in [0.05, 0.1) is 11.8 Å². The van der Waals surface area contributed by atoms with Crippen LogP contribution in [-0.2, 0) is 12.6 Å². The second-order valence-corrected chi connectivity index (χ2v) is 4.44. The van der Waals surface area contributed by atoms with Gasteiger partial charge in [0.15, 0.2) is 5.82 Å². The van der Waals surface area contributed by atoms with E-state index in [1.54, 1.807) is 12.4 Å². The molecule has 7 nitrogen and oxygen atoms in total. The van der Waals surface area contributed by atoms with Crippen LogP contribution in [0.25, 0.3) is 5.65 Å². The molecule has 3 rings (SSSR count). The zero-order valence-corrected chi connectivity index (χ0v) is 11.1. The number of fused-ring (bicyclic) bond motifs is 1. The van der Waals surface area contributed by atoms with E-state index in [0.717, 1.165) is 12.3 Å². The van der Waals surface area contributed by atoms with Gasteiger partial charge in [0.2, 0.25) is 5.65 Å². The standard InChI is InChI=1S/C12H10F3N7/c13-12(14,15)8-1-2-9(18-7-8)3-4-16-10-11-19-20-21-22(11)6-5-17-10/h1-2,5-7H,3-4H2,(H,16,17). The highest BCUT2D eigenvalue weighted by molar-refractivity contribution is 5.60. The molecule has 0 fully saturated rings. The molecule has 0 saturated carbocycles. The molecule has 3 heterocycles. The predicted octanol–water partition coefficient (Wildman–Crippen LogP) is 1.59. The first-order valence-corrected chi connectivity index (χ1v) is 6.33. The summed E-state index contributed by atoms with van der Waals surface area (Å²) in [5, 5.41) is 14.1. The number of hydrogen-bond acceptors (Lipinski definition) is 6. The van der Waals surface area contributed by atoms with Crippen molar-refractivity contribution in [1.29, 1.82) is 0 Å². The van der Waals surface area contributed by atoms with Crippen molar-refractivity contribution in [1.82, 2.24) is 30.0 Å². The summed E-state index contributed by atoms with van der Waals surface area (Å²) in [5.41, 5.74) is 0.264. The molecule has 0 spiro atoms. The van der Waals surface area contributed by atoms with Crippen molar-refractivity contribution in [2.75, 3.05) is 11.9 Å². The molecule has 0 unspecified atom stereocenters. The van der Waals surface area contributed by atoms with Gasteiger partial charge in [-0.05, 0) is 22.6 Å². The highest BCUT2D eigenvalue weighted by atomic mass is 19.4. The van der Waals surface area contributed by atoms with Crippen LogP contribution >= 0.6 is 0 Å². The molecule has 3 aromatic rings. The summed E-state index contributed by atoms with van der Waals surface area (Å²) in [6, 6.07) is 2.38. The lowest BCUT2D eigenvalue weighted by Crippen LogP contribution is -2.10. The fraction of sp³-hybridized carbons (Fsp3) is 0.250. The van der Waals surface area contributed by atoms with Gasteiger partial charge in [0.25, 0.3) is 0 Å². The number of nitrogens with zero attached hydrogens (tertiary/aromatic N) is 6. The van der Waals surface area contributed by atoms with Crippen molar-refractivity contribution in [3.63, 3.8) is 0 Å². The number of tetrazole rings is 1. The number of anilines is 1. The number of pyridine rings is 1. The van der Waals surface area contributed by atoms with Crippen LogP contribution in [0.5, 0.6) is 0 Å². The van der Waals surface area contributed by atoms with Gasteiger partial charge >= 0.3 is 6.18 Å². The van der Waals surface area contributed by atoms with Gasteiger partial charge in [0.1, 0.15) is 0 Å². The van der Waals surface area contributed by atoms with Gasteiger partial charge < -0.3 is 5.32 Å². The monoisotopic (exact) mass is 309 g/mol. The normalized spacial score (nSPS) is 11.8. The molecule has 0 saturated heterocycles. The van der Waals surface area contributed by atoms with Gasteiger partial charge in [-0.1, -0.05) is 0 Å². The molecule has 0 bridgehead atoms. The number of alkyl halides is 3. The minimum Gasteiger partial charge on any atom is -0.366 e. The summed E-state index contributed by atoms with van der Waals surface area (Å²) < 4.78 is 38.8. The maximum absolute atomic E-state index is 12.4. The first kappa shape index (κ1) is 14.2. The Balaban J connectivity index is 1.62. The van der Waals surface area contributed by atoms with E-state index in [4.69, 9.17) is 0 Å². The molecular formula is C12H10F3N7. The van der Waals surface area contributed by atoms with Gasteiger partial charge in [0, 0.05) is 31.1 Å². The lowest BCUT2D eigenvalue weighted by Gasteiger charge is -2.08. The van der Waals surface area contributed by atoms with Crippen LogP contribution < -0.4 is 5.32 Å². The fourth-order valence-corrected chi connectivity index (χ4v) is 1.85. The number of hydrogen-bond donors (Lipinski definition) is 1. The van der Waals surface area contributed by atoms with Gasteiger partial charge in [-0.2, -0.15) is 17.7 Å². The Morgan fingerprint density at radius 3 is 2.77 bits per heavy atom. The Kier molecular flexibility index (Phi) is 3.57. The Morgan fingerprint density at radius 2 is 2.05 bits per heavy atom. The molecule has 0 radical (unpaired) electrons. The summed E-state index contributed by atoms with van der Waals surface area (Å²) in [4.78, 5) is 7.92. The van der Waals surface area contributed by atoms with E-state index in [-0.39, 0.29) is 0 Å². The minimum absolute atomic E-state index is 0.442. The minimum atomic E-state index is -4.37. The summed E-state index contributed by atoms with van der Waals surface area (Å²) in [7, 11) is 0. The highest BCUT2D eigenvalue weighted by Gasteiger charge is 2.30. The molecular weight excluding hydrogens is 299 g/mol. The van der Waals surface area contributed by atoms with E-state index < -0.39 is 11.7 Å². The second-order valence-electron chi connectivity index (χ2n) is 4.44. The molecule has 1 N–H and O–H groups in total. The van der Waals surface area contributed by atoms with E-state index in [1.807, 2.05) is 0 Å². The third kappa shape index (κ3) is 2.95. The van der Waals surface area contributed by atoms with Crippen molar-refractivity contribution in [2.24, 2.45) is 0 Å². The molecule has 0 amide bonds. The van der Waals surface area contributed by atoms with E-state index in [0.29, 0.717) is 30.1 Å². The number of halogens is 3. The summed E-state index contributed by atoms with van der Waals surface area (Å²) in [6.45, 7) is 0.442. The third-order valence-electron chi connectivity index (χ3n) is 2.94. The maximum Gasteiger partial charge on any atom is 0.417 e. The third-order valence-corrected chi connectivity index (χ3v) is 2.94. The zero-order chi connectivity index (χ0) is 15.6. The first-order chi connectivity index (χ1) is 10.5. The average molecular weight is 309 g/mol. The van der Waals surface area contributed by atoms with E-state index in [1.165, 1.54) is 10.6 Å². The molecule has 114 valence electrons. The van der Waals surface area contributed by atoms with Crippen molar-refractivity contribution < 1.29 is 13.2 Å². The SMILES string of the molecule is FC(F)(F)c1ccc(CCNc2nccn3nnnc23)nc1. The van der Waals surface area contributed by atoms with Gasteiger partial charge in [-0.25, -0.2) is 4.98 Å². The molecule has 0 aliphatic heterocycles. The average Bonchev–Trinajstić information content (AvgIpc) is 2.96. The molecule has 0 aromatic carbocycles. The Morgan fingerprint density at radius 1 is 1.18 bits per heavy atom. The largest absolute Gasteiger partial charge is 0.417 e. The lowest BCUT2D eigenvalue weighted by molar-refractivity contribution is -0.137. The second kappa shape index (κ2) is 5.54. The van der Waals surface area contributed by atoms with E-state index in [2.05, 4.69) is 30.8 Å². The number of aromatic nitrogens is 6. The summed E-state index contributed by atoms with van der Waals surface area (Å²) in [6.07, 6.45) is 0.0587. The van der Waals surface area contributed by atoms with Crippen LogP contribution in [0.4, 0.5) is 19.0 Å². The molecule has 10 heteroatoms. The molecule has 22 heavy (non-hydrogen) atoms. The van der Waals surface area contributed by atoms with Gasteiger partial charge in [-0.15, -0.1) is 5.10 Å². The Labute approximate surface area is 122 Å². The number of nitrogens with one attached hydrogen (secondary N) is 1. The van der Waals surface area contributed by atoms with Crippen molar-refractivity contribution in [2.45, 2.75) is 12.6 Å².